The van der Waals surface area contributed by atoms with E-state index in [0.717, 1.165) is 10.8 Å². The lowest BCUT2D eigenvalue weighted by Gasteiger charge is -2.08. The third-order valence-electron chi connectivity index (χ3n) is 3.45. The summed E-state index contributed by atoms with van der Waals surface area (Å²) in [6.07, 6.45) is 0. The van der Waals surface area contributed by atoms with Crippen molar-refractivity contribution >= 4 is 22.6 Å². The lowest BCUT2D eigenvalue weighted by molar-refractivity contribution is -0.136. The zero-order valence-corrected chi connectivity index (χ0v) is 12.9. The average Bonchev–Trinajstić information content (AvgIpc) is 2.60. The largest absolute Gasteiger partial charge is 0.482 e. The number of benzene rings is 3. The van der Waals surface area contributed by atoms with Crippen molar-refractivity contribution in [1.29, 1.82) is 5.41 Å². The van der Waals surface area contributed by atoms with Gasteiger partial charge in [-0.3, -0.25) is 5.41 Å². The second-order valence-corrected chi connectivity index (χ2v) is 5.21. The lowest BCUT2D eigenvalue weighted by Crippen LogP contribution is -2.17. The van der Waals surface area contributed by atoms with Gasteiger partial charge in [0.25, 0.3) is 0 Å². The number of esters is 1. The molecule has 0 atom stereocenters. The maximum absolute atomic E-state index is 11.9. The molecule has 0 aromatic heterocycles. The highest BCUT2D eigenvalue weighted by molar-refractivity contribution is 5.99. The molecule has 24 heavy (non-hydrogen) atoms. The highest BCUT2D eigenvalue weighted by Gasteiger charge is 2.07. The van der Waals surface area contributed by atoms with E-state index in [1.807, 2.05) is 36.4 Å². The molecule has 0 fully saturated rings. The summed E-state index contributed by atoms with van der Waals surface area (Å²) in [6, 6.07) is 19.8. The van der Waals surface area contributed by atoms with Crippen LogP contribution in [0.1, 0.15) is 5.56 Å². The van der Waals surface area contributed by atoms with E-state index >= 15 is 0 Å². The van der Waals surface area contributed by atoms with Gasteiger partial charge in [-0.1, -0.05) is 36.4 Å². The van der Waals surface area contributed by atoms with Gasteiger partial charge in [0.2, 0.25) is 0 Å². The summed E-state index contributed by atoms with van der Waals surface area (Å²) in [7, 11) is 0. The van der Waals surface area contributed by atoms with Gasteiger partial charge in [-0.2, -0.15) is 0 Å². The Morgan fingerprint density at radius 3 is 2.38 bits per heavy atom. The Hall–Kier alpha value is -3.34. The fraction of sp³-hybridized carbons (Fsp3) is 0.0526. The number of nitrogen functional groups attached to an aromatic ring is 1. The first kappa shape index (κ1) is 15.6. The van der Waals surface area contributed by atoms with Crippen LogP contribution in [0.4, 0.5) is 0 Å². The Balaban J connectivity index is 1.67. The minimum Gasteiger partial charge on any atom is -0.482 e. The summed E-state index contributed by atoms with van der Waals surface area (Å²) in [5.41, 5.74) is 6.14. The molecule has 0 aliphatic rings. The molecule has 0 spiro atoms. The summed E-state index contributed by atoms with van der Waals surface area (Å²) in [6.45, 7) is -0.161. The minimum atomic E-state index is -0.474. The number of nitrogens with two attached hydrogens (primary N) is 1. The quantitative estimate of drug-likeness (QED) is 0.327. The van der Waals surface area contributed by atoms with Gasteiger partial charge in [0.05, 0.1) is 0 Å². The van der Waals surface area contributed by atoms with Crippen LogP contribution in [0, 0.1) is 5.41 Å². The lowest BCUT2D eigenvalue weighted by atomic mass is 10.1. The summed E-state index contributed by atoms with van der Waals surface area (Å²) in [5.74, 6) is 0.605. The molecule has 3 aromatic carbocycles. The Bertz CT molecular complexity index is 892. The molecule has 0 saturated carbocycles. The summed E-state index contributed by atoms with van der Waals surface area (Å²) >= 11 is 0. The van der Waals surface area contributed by atoms with Crippen LogP contribution in [0.2, 0.25) is 0 Å². The Morgan fingerprint density at radius 2 is 1.62 bits per heavy atom. The smallest absolute Gasteiger partial charge is 0.349 e. The SMILES string of the molecule is N=C(N)c1ccc2cc(OC(=O)COc3ccccc3)ccc2c1. The molecule has 5 nitrogen and oxygen atoms in total. The van der Waals surface area contributed by atoms with E-state index in [2.05, 4.69) is 0 Å². The monoisotopic (exact) mass is 320 g/mol. The molecule has 3 aromatic rings. The highest BCUT2D eigenvalue weighted by atomic mass is 16.6. The van der Waals surface area contributed by atoms with Crippen molar-refractivity contribution in [2.75, 3.05) is 6.61 Å². The zero-order valence-electron chi connectivity index (χ0n) is 12.9. The van der Waals surface area contributed by atoms with Crippen molar-refractivity contribution in [3.8, 4) is 11.5 Å². The molecule has 0 aliphatic carbocycles. The van der Waals surface area contributed by atoms with E-state index in [9.17, 15) is 4.79 Å². The number of hydrogen-bond donors (Lipinski definition) is 2. The molecule has 5 heteroatoms. The average molecular weight is 320 g/mol. The van der Waals surface area contributed by atoms with E-state index in [0.29, 0.717) is 17.1 Å². The maximum Gasteiger partial charge on any atom is 0.349 e. The molecule has 0 radical (unpaired) electrons. The molecule has 0 saturated heterocycles. The van der Waals surface area contributed by atoms with Crippen LogP contribution in [-0.4, -0.2) is 18.4 Å². The minimum absolute atomic E-state index is 0.0189. The fourth-order valence-electron chi connectivity index (χ4n) is 2.27. The van der Waals surface area contributed by atoms with Crippen LogP contribution in [-0.2, 0) is 4.79 Å². The van der Waals surface area contributed by atoms with Gasteiger partial charge in [0.1, 0.15) is 17.3 Å². The van der Waals surface area contributed by atoms with Gasteiger partial charge in [0.15, 0.2) is 6.61 Å². The number of amidine groups is 1. The second kappa shape index (κ2) is 6.83. The van der Waals surface area contributed by atoms with Crippen LogP contribution >= 0.6 is 0 Å². The fourth-order valence-corrected chi connectivity index (χ4v) is 2.27. The second-order valence-electron chi connectivity index (χ2n) is 5.21. The number of rotatable bonds is 5. The van der Waals surface area contributed by atoms with Gasteiger partial charge < -0.3 is 15.2 Å². The summed E-state index contributed by atoms with van der Waals surface area (Å²) in [4.78, 5) is 11.9. The Labute approximate surface area is 139 Å². The number of ether oxygens (including phenoxy) is 2. The van der Waals surface area contributed by atoms with Crippen molar-refractivity contribution in [2.45, 2.75) is 0 Å². The summed E-state index contributed by atoms with van der Waals surface area (Å²) in [5, 5.41) is 9.27. The zero-order chi connectivity index (χ0) is 16.9. The molecule has 3 rings (SSSR count). The van der Waals surface area contributed by atoms with E-state index in [-0.39, 0.29) is 12.4 Å². The number of hydrogen-bond acceptors (Lipinski definition) is 4. The number of carbonyl (C=O) groups is 1. The van der Waals surface area contributed by atoms with Crippen LogP contribution < -0.4 is 15.2 Å². The topological polar surface area (TPSA) is 85.4 Å². The number of carbonyl (C=O) groups excluding carboxylic acids is 1. The number of nitrogens with one attached hydrogen (secondary N) is 1. The number of para-hydroxylation sites is 1. The van der Waals surface area contributed by atoms with Crippen LogP contribution in [0.3, 0.4) is 0 Å². The van der Waals surface area contributed by atoms with E-state index < -0.39 is 5.97 Å². The van der Waals surface area contributed by atoms with Gasteiger partial charge in [-0.05, 0) is 41.1 Å². The van der Waals surface area contributed by atoms with Crippen LogP contribution in [0.5, 0.6) is 11.5 Å². The Morgan fingerprint density at radius 1 is 0.917 bits per heavy atom. The predicted molar refractivity (Wildman–Crippen MR) is 92.5 cm³/mol. The third kappa shape index (κ3) is 3.70. The van der Waals surface area contributed by atoms with Gasteiger partial charge in [0, 0.05) is 5.56 Å². The molecule has 3 N–H and O–H groups in total. The number of fused-ring (bicyclic) bond motifs is 1. The molecule has 0 bridgehead atoms. The van der Waals surface area contributed by atoms with Gasteiger partial charge >= 0.3 is 5.97 Å². The first-order valence-electron chi connectivity index (χ1n) is 7.38. The molecule has 120 valence electrons. The Kier molecular flexibility index (Phi) is 4.43. The molecule has 0 unspecified atom stereocenters. The van der Waals surface area contributed by atoms with Crippen molar-refractivity contribution in [3.63, 3.8) is 0 Å². The molecular formula is C19H16N2O3. The van der Waals surface area contributed by atoms with Gasteiger partial charge in [-0.15, -0.1) is 0 Å². The highest BCUT2D eigenvalue weighted by Crippen LogP contribution is 2.22. The first-order valence-corrected chi connectivity index (χ1v) is 7.38. The van der Waals surface area contributed by atoms with Crippen molar-refractivity contribution in [1.82, 2.24) is 0 Å². The van der Waals surface area contributed by atoms with Crippen molar-refractivity contribution in [3.05, 3.63) is 72.3 Å². The standard InChI is InChI=1S/C19H16N2O3/c20-19(21)15-7-6-14-11-17(9-8-13(14)10-15)24-18(22)12-23-16-4-2-1-3-5-16/h1-11H,12H2,(H3,20,21). The van der Waals surface area contributed by atoms with Gasteiger partial charge in [-0.25, -0.2) is 4.79 Å². The van der Waals surface area contributed by atoms with Crippen LogP contribution in [0.25, 0.3) is 10.8 Å². The summed E-state index contributed by atoms with van der Waals surface area (Å²) < 4.78 is 10.6. The molecule has 0 heterocycles. The van der Waals surface area contributed by atoms with E-state index in [4.69, 9.17) is 20.6 Å². The molecule has 0 aliphatic heterocycles. The molecule has 0 amide bonds. The maximum atomic E-state index is 11.9. The van der Waals surface area contributed by atoms with Crippen LogP contribution in [0.15, 0.2) is 66.7 Å². The van der Waals surface area contributed by atoms with E-state index in [1.165, 1.54) is 0 Å². The van der Waals surface area contributed by atoms with E-state index in [1.54, 1.807) is 30.3 Å². The van der Waals surface area contributed by atoms with Crippen molar-refractivity contribution in [2.24, 2.45) is 5.73 Å². The normalized spacial score (nSPS) is 10.3. The predicted octanol–water partition coefficient (Wildman–Crippen LogP) is 3.11. The first-order chi connectivity index (χ1) is 11.6. The third-order valence-corrected chi connectivity index (χ3v) is 3.45. The van der Waals surface area contributed by atoms with Crippen molar-refractivity contribution < 1.29 is 14.3 Å². The molecular weight excluding hydrogens is 304 g/mol.